The number of rotatable bonds is 4. The maximum atomic E-state index is 6.07. The van der Waals surface area contributed by atoms with Crippen molar-refractivity contribution in [3.8, 4) is 0 Å². The molecular formula is C21H20BrN3OS. The van der Waals surface area contributed by atoms with Gasteiger partial charge in [0.1, 0.15) is 11.3 Å². The van der Waals surface area contributed by atoms with E-state index in [4.69, 9.17) is 22.4 Å². The van der Waals surface area contributed by atoms with Crippen molar-refractivity contribution in [3.63, 3.8) is 0 Å². The fraction of sp³-hybridized carbons (Fsp3) is 0.238. The van der Waals surface area contributed by atoms with E-state index in [0.717, 1.165) is 39.8 Å². The van der Waals surface area contributed by atoms with Crippen molar-refractivity contribution in [3.05, 3.63) is 70.4 Å². The van der Waals surface area contributed by atoms with Crippen LogP contribution in [-0.4, -0.2) is 10.8 Å². The molecule has 4 nitrogen and oxygen atoms in total. The standard InChI is InChI=1S/C21H20BrN3OS/c1-21(15-5-3-2-4-6-15)11-14(12-21)19(24-25-20(23)27)18-10-13-9-16(22)7-8-17(13)26-18/h2-10,14H,11-12H2,1H3,(H3,23,25,27)/b24-19+. The largest absolute Gasteiger partial charge is 0.455 e. The number of hydrogen-bond donors (Lipinski definition) is 2. The van der Waals surface area contributed by atoms with E-state index < -0.39 is 0 Å². The molecule has 2 aromatic carbocycles. The summed E-state index contributed by atoms with van der Waals surface area (Å²) in [7, 11) is 0. The van der Waals surface area contributed by atoms with Crippen LogP contribution in [0.25, 0.3) is 11.0 Å². The first-order valence-corrected chi connectivity index (χ1v) is 10.0. The topological polar surface area (TPSA) is 63.5 Å². The Hall–Kier alpha value is -2.18. The molecule has 3 aromatic rings. The van der Waals surface area contributed by atoms with E-state index >= 15 is 0 Å². The number of hydrogen-bond acceptors (Lipinski definition) is 3. The minimum absolute atomic E-state index is 0.144. The van der Waals surface area contributed by atoms with Gasteiger partial charge in [-0.3, -0.25) is 5.43 Å². The van der Waals surface area contributed by atoms with Crippen LogP contribution in [0.2, 0.25) is 0 Å². The van der Waals surface area contributed by atoms with Crippen molar-refractivity contribution in [2.24, 2.45) is 16.8 Å². The highest BCUT2D eigenvalue weighted by molar-refractivity contribution is 9.10. The van der Waals surface area contributed by atoms with Crippen molar-refractivity contribution in [2.75, 3.05) is 0 Å². The highest BCUT2D eigenvalue weighted by atomic mass is 79.9. The normalized spacial score (nSPS) is 22.4. The molecule has 1 saturated carbocycles. The van der Waals surface area contributed by atoms with Crippen LogP contribution in [0.5, 0.6) is 0 Å². The van der Waals surface area contributed by atoms with Crippen molar-refractivity contribution in [2.45, 2.75) is 25.2 Å². The molecule has 1 heterocycles. The summed E-state index contributed by atoms with van der Waals surface area (Å²) in [5.74, 6) is 1.04. The molecule has 6 heteroatoms. The fourth-order valence-electron chi connectivity index (χ4n) is 3.90. The van der Waals surface area contributed by atoms with Crippen LogP contribution in [0, 0.1) is 5.92 Å². The van der Waals surface area contributed by atoms with Crippen LogP contribution in [0.4, 0.5) is 0 Å². The van der Waals surface area contributed by atoms with Crippen LogP contribution in [0.3, 0.4) is 0 Å². The van der Waals surface area contributed by atoms with Gasteiger partial charge < -0.3 is 10.2 Å². The summed E-state index contributed by atoms with van der Waals surface area (Å²) in [4.78, 5) is 0. The van der Waals surface area contributed by atoms with E-state index in [1.54, 1.807) is 0 Å². The van der Waals surface area contributed by atoms with E-state index in [-0.39, 0.29) is 16.4 Å². The highest BCUT2D eigenvalue weighted by Gasteiger charge is 2.44. The van der Waals surface area contributed by atoms with Gasteiger partial charge in [0, 0.05) is 15.8 Å². The predicted octanol–water partition coefficient (Wildman–Crippen LogP) is 5.10. The zero-order chi connectivity index (χ0) is 19.0. The lowest BCUT2D eigenvalue weighted by Crippen LogP contribution is -2.43. The average molecular weight is 442 g/mol. The van der Waals surface area contributed by atoms with Gasteiger partial charge in [-0.15, -0.1) is 0 Å². The molecule has 0 amide bonds. The Morgan fingerprint density at radius 1 is 1.22 bits per heavy atom. The first-order chi connectivity index (χ1) is 12.9. The Morgan fingerprint density at radius 2 is 1.96 bits per heavy atom. The zero-order valence-corrected chi connectivity index (χ0v) is 17.3. The van der Waals surface area contributed by atoms with E-state index in [9.17, 15) is 0 Å². The lowest BCUT2D eigenvalue weighted by molar-refractivity contribution is 0.216. The summed E-state index contributed by atoms with van der Waals surface area (Å²) in [6.45, 7) is 2.30. The van der Waals surface area contributed by atoms with Crippen LogP contribution in [-0.2, 0) is 5.41 Å². The Kier molecular flexibility index (Phi) is 4.78. The highest BCUT2D eigenvalue weighted by Crippen LogP contribution is 2.49. The van der Waals surface area contributed by atoms with Crippen LogP contribution in [0.1, 0.15) is 31.1 Å². The first kappa shape index (κ1) is 18.2. The zero-order valence-electron chi connectivity index (χ0n) is 14.9. The van der Waals surface area contributed by atoms with E-state index in [1.165, 1.54) is 5.56 Å². The van der Waals surface area contributed by atoms with Gasteiger partial charge in [0.05, 0.1) is 0 Å². The molecule has 0 saturated heterocycles. The van der Waals surface area contributed by atoms with Crippen molar-refractivity contribution in [1.29, 1.82) is 0 Å². The molecule has 0 bridgehead atoms. The third-order valence-electron chi connectivity index (χ3n) is 5.27. The molecule has 4 rings (SSSR count). The second kappa shape index (κ2) is 7.09. The van der Waals surface area contributed by atoms with Crippen molar-refractivity contribution < 1.29 is 4.42 Å². The second-order valence-corrected chi connectivity index (χ2v) is 8.65. The Labute approximate surface area is 171 Å². The number of nitrogens with zero attached hydrogens (tertiary/aromatic N) is 1. The molecule has 138 valence electrons. The molecule has 1 fully saturated rings. The maximum Gasteiger partial charge on any atom is 0.184 e. The van der Waals surface area contributed by atoms with Gasteiger partial charge in [-0.1, -0.05) is 53.2 Å². The third-order valence-corrected chi connectivity index (χ3v) is 5.85. The van der Waals surface area contributed by atoms with Crippen molar-refractivity contribution >= 4 is 49.9 Å². The number of nitrogens with one attached hydrogen (secondary N) is 1. The SMILES string of the molecule is CC1(c2ccccc2)CC(/C(=N\NC(N)=S)c2cc3cc(Br)ccc3o2)C1. The number of furan rings is 1. The predicted molar refractivity (Wildman–Crippen MR) is 117 cm³/mol. The van der Waals surface area contributed by atoms with Crippen molar-refractivity contribution in [1.82, 2.24) is 5.43 Å². The summed E-state index contributed by atoms with van der Waals surface area (Å²) in [6.07, 6.45) is 1.99. The lowest BCUT2D eigenvalue weighted by Gasteiger charge is -2.45. The molecule has 1 aromatic heterocycles. The fourth-order valence-corrected chi connectivity index (χ4v) is 4.33. The molecule has 0 radical (unpaired) electrons. The van der Waals surface area contributed by atoms with Gasteiger partial charge in [-0.25, -0.2) is 0 Å². The first-order valence-electron chi connectivity index (χ1n) is 8.83. The molecular weight excluding hydrogens is 422 g/mol. The molecule has 1 aliphatic rings. The van der Waals surface area contributed by atoms with Gasteiger partial charge >= 0.3 is 0 Å². The summed E-state index contributed by atoms with van der Waals surface area (Å²) in [6, 6.07) is 18.6. The van der Waals surface area contributed by atoms with Gasteiger partial charge in [0.2, 0.25) is 0 Å². The second-order valence-electron chi connectivity index (χ2n) is 7.30. The van der Waals surface area contributed by atoms with E-state index in [1.807, 2.05) is 24.3 Å². The Bertz CT molecular complexity index is 1020. The average Bonchev–Trinajstić information content (AvgIpc) is 3.03. The third kappa shape index (κ3) is 3.64. The minimum atomic E-state index is 0.144. The van der Waals surface area contributed by atoms with Gasteiger partial charge in [-0.05, 0) is 60.3 Å². The molecule has 3 N–H and O–H groups in total. The van der Waals surface area contributed by atoms with Crippen LogP contribution >= 0.6 is 28.1 Å². The smallest absolute Gasteiger partial charge is 0.184 e. The molecule has 0 unspecified atom stereocenters. The van der Waals surface area contributed by atoms with Crippen LogP contribution in [0.15, 0.2) is 68.6 Å². The number of benzene rings is 2. The maximum absolute atomic E-state index is 6.07. The van der Waals surface area contributed by atoms with E-state index in [2.05, 4.69) is 63.7 Å². The summed E-state index contributed by atoms with van der Waals surface area (Å²) in [5, 5.41) is 5.67. The monoisotopic (exact) mass is 441 g/mol. The number of halogens is 1. The molecule has 0 spiro atoms. The van der Waals surface area contributed by atoms with Gasteiger partial charge in [-0.2, -0.15) is 5.10 Å². The van der Waals surface area contributed by atoms with Gasteiger partial charge in [0.25, 0.3) is 0 Å². The molecule has 0 aliphatic heterocycles. The summed E-state index contributed by atoms with van der Waals surface area (Å²) < 4.78 is 7.09. The Balaban J connectivity index is 1.64. The number of thiocarbonyl (C=S) groups is 1. The summed E-state index contributed by atoms with van der Waals surface area (Å²) >= 11 is 8.44. The molecule has 0 atom stereocenters. The number of nitrogens with two attached hydrogens (primary N) is 1. The summed E-state index contributed by atoms with van der Waals surface area (Å²) in [5.41, 5.74) is 11.5. The Morgan fingerprint density at radius 3 is 2.67 bits per heavy atom. The number of hydrazone groups is 1. The van der Waals surface area contributed by atoms with Gasteiger partial charge in [0.15, 0.2) is 10.9 Å². The molecule has 1 aliphatic carbocycles. The quantitative estimate of drug-likeness (QED) is 0.335. The lowest BCUT2D eigenvalue weighted by atomic mass is 9.58. The molecule has 27 heavy (non-hydrogen) atoms. The van der Waals surface area contributed by atoms with E-state index in [0.29, 0.717) is 0 Å². The minimum Gasteiger partial charge on any atom is -0.455 e. The van der Waals surface area contributed by atoms with Crippen LogP contribution < -0.4 is 11.2 Å². The number of fused-ring (bicyclic) bond motifs is 1.